The molecule has 1 rings (SSSR count). The first kappa shape index (κ1) is 9.77. The Labute approximate surface area is 77.7 Å². The van der Waals surface area contributed by atoms with Gasteiger partial charge in [-0.1, -0.05) is 20.8 Å². The Morgan fingerprint density at radius 3 is 2.92 bits per heavy atom. The van der Waals surface area contributed by atoms with Gasteiger partial charge in [0.15, 0.2) is 0 Å². The highest BCUT2D eigenvalue weighted by atomic mass is 16.1. The molecule has 0 bridgehead atoms. The second kappa shape index (κ2) is 4.07. The van der Waals surface area contributed by atoms with Crippen LogP contribution >= 0.6 is 0 Å². The van der Waals surface area contributed by atoms with Gasteiger partial charge in [-0.05, 0) is 6.42 Å². The lowest BCUT2D eigenvalue weighted by atomic mass is 10.2. The van der Waals surface area contributed by atoms with E-state index in [4.69, 9.17) is 0 Å². The van der Waals surface area contributed by atoms with E-state index in [1.165, 1.54) is 0 Å². The summed E-state index contributed by atoms with van der Waals surface area (Å²) >= 11 is 0. The average molecular weight is 181 g/mol. The number of carbonyl (C=O) groups is 1. The van der Waals surface area contributed by atoms with Crippen molar-refractivity contribution in [2.75, 3.05) is 5.32 Å². The Bertz CT molecular complexity index is 291. The molecule has 0 aromatic carbocycles. The molecule has 0 atom stereocenters. The lowest BCUT2D eigenvalue weighted by Gasteiger charge is -2.06. The third-order valence-electron chi connectivity index (χ3n) is 1.87. The number of H-pyrrole nitrogens is 1. The minimum Gasteiger partial charge on any atom is -0.311 e. The summed E-state index contributed by atoms with van der Waals surface area (Å²) in [6.45, 7) is 5.74. The second-order valence-electron chi connectivity index (χ2n) is 3.27. The number of hydrogen-bond donors (Lipinski definition) is 2. The van der Waals surface area contributed by atoms with Crippen molar-refractivity contribution < 1.29 is 4.79 Å². The predicted octanol–water partition coefficient (Wildman–Crippen LogP) is 1.57. The van der Waals surface area contributed by atoms with Crippen LogP contribution in [0, 0.1) is 5.92 Å². The molecule has 0 aliphatic carbocycles. The fourth-order valence-corrected chi connectivity index (χ4v) is 0.955. The van der Waals surface area contributed by atoms with Crippen LogP contribution in [-0.4, -0.2) is 16.1 Å². The van der Waals surface area contributed by atoms with E-state index < -0.39 is 0 Å². The normalized spacial score (nSPS) is 10.5. The number of aryl methyl sites for hydroxylation is 1. The SMILES string of the molecule is CCc1cn[nH]c1NC(=O)C(C)C. The summed E-state index contributed by atoms with van der Waals surface area (Å²) in [6.07, 6.45) is 2.60. The molecule has 0 spiro atoms. The molecule has 1 amide bonds. The van der Waals surface area contributed by atoms with Crippen LogP contribution in [-0.2, 0) is 11.2 Å². The van der Waals surface area contributed by atoms with Crippen molar-refractivity contribution in [3.05, 3.63) is 11.8 Å². The molecule has 1 aromatic heterocycles. The van der Waals surface area contributed by atoms with Crippen molar-refractivity contribution in [3.8, 4) is 0 Å². The van der Waals surface area contributed by atoms with Gasteiger partial charge in [-0.25, -0.2) is 0 Å². The summed E-state index contributed by atoms with van der Waals surface area (Å²) in [5.74, 6) is 0.730. The van der Waals surface area contributed by atoms with Gasteiger partial charge in [-0.3, -0.25) is 9.89 Å². The minimum absolute atomic E-state index is 0.00648. The Balaban J connectivity index is 2.68. The number of nitrogens with zero attached hydrogens (tertiary/aromatic N) is 1. The van der Waals surface area contributed by atoms with Gasteiger partial charge in [0.25, 0.3) is 0 Å². The van der Waals surface area contributed by atoms with E-state index in [9.17, 15) is 4.79 Å². The lowest BCUT2D eigenvalue weighted by Crippen LogP contribution is -2.18. The largest absolute Gasteiger partial charge is 0.311 e. The van der Waals surface area contributed by atoms with Gasteiger partial charge >= 0.3 is 0 Å². The summed E-state index contributed by atoms with van der Waals surface area (Å²) in [5, 5.41) is 9.41. The van der Waals surface area contributed by atoms with Crippen LogP contribution in [0.15, 0.2) is 6.20 Å². The van der Waals surface area contributed by atoms with Crippen LogP contribution < -0.4 is 5.32 Å². The maximum atomic E-state index is 11.3. The number of amides is 1. The topological polar surface area (TPSA) is 57.8 Å². The molecular weight excluding hydrogens is 166 g/mol. The molecule has 0 fully saturated rings. The molecule has 4 nitrogen and oxygen atoms in total. The summed E-state index contributed by atoms with van der Waals surface area (Å²) in [6, 6.07) is 0. The van der Waals surface area contributed by atoms with Crippen molar-refractivity contribution in [3.63, 3.8) is 0 Å². The highest BCUT2D eigenvalue weighted by Gasteiger charge is 2.10. The van der Waals surface area contributed by atoms with Crippen molar-refractivity contribution in [2.24, 2.45) is 5.92 Å². The second-order valence-corrected chi connectivity index (χ2v) is 3.27. The molecule has 1 aromatic rings. The molecule has 0 aliphatic rings. The van der Waals surface area contributed by atoms with Crippen LogP contribution in [0.4, 0.5) is 5.82 Å². The van der Waals surface area contributed by atoms with E-state index in [2.05, 4.69) is 15.5 Å². The number of rotatable bonds is 3. The van der Waals surface area contributed by atoms with Crippen molar-refractivity contribution in [2.45, 2.75) is 27.2 Å². The molecule has 13 heavy (non-hydrogen) atoms. The quantitative estimate of drug-likeness (QED) is 0.743. The van der Waals surface area contributed by atoms with Crippen LogP contribution in [0.25, 0.3) is 0 Å². The Kier molecular flexibility index (Phi) is 3.06. The average Bonchev–Trinajstić information content (AvgIpc) is 2.51. The number of carbonyl (C=O) groups excluding carboxylic acids is 1. The summed E-state index contributed by atoms with van der Waals surface area (Å²) in [5.41, 5.74) is 1.04. The maximum absolute atomic E-state index is 11.3. The number of anilines is 1. The van der Waals surface area contributed by atoms with Gasteiger partial charge < -0.3 is 5.32 Å². The van der Waals surface area contributed by atoms with E-state index in [-0.39, 0.29) is 11.8 Å². The third-order valence-corrected chi connectivity index (χ3v) is 1.87. The van der Waals surface area contributed by atoms with E-state index in [1.54, 1.807) is 6.20 Å². The monoisotopic (exact) mass is 181 g/mol. The zero-order valence-corrected chi connectivity index (χ0v) is 8.22. The molecule has 0 saturated carbocycles. The summed E-state index contributed by atoms with van der Waals surface area (Å²) in [4.78, 5) is 11.3. The van der Waals surface area contributed by atoms with E-state index in [1.807, 2.05) is 20.8 Å². The predicted molar refractivity (Wildman–Crippen MR) is 51.4 cm³/mol. The minimum atomic E-state index is -0.00648. The third kappa shape index (κ3) is 2.31. The van der Waals surface area contributed by atoms with E-state index in [0.717, 1.165) is 17.8 Å². The van der Waals surface area contributed by atoms with Crippen LogP contribution in [0.1, 0.15) is 26.3 Å². The molecule has 4 heteroatoms. The van der Waals surface area contributed by atoms with Crippen LogP contribution in [0.2, 0.25) is 0 Å². The Morgan fingerprint density at radius 2 is 2.38 bits per heavy atom. The smallest absolute Gasteiger partial charge is 0.228 e. The maximum Gasteiger partial charge on any atom is 0.228 e. The first-order chi connectivity index (χ1) is 6.15. The zero-order valence-electron chi connectivity index (χ0n) is 8.22. The highest BCUT2D eigenvalue weighted by molar-refractivity contribution is 5.91. The molecule has 0 saturated heterocycles. The first-order valence-electron chi connectivity index (χ1n) is 4.48. The van der Waals surface area contributed by atoms with Crippen molar-refractivity contribution in [1.82, 2.24) is 10.2 Å². The standard InChI is InChI=1S/C9H15N3O/c1-4-7-5-10-12-8(7)11-9(13)6(2)3/h5-6H,4H2,1-3H3,(H2,10,11,12,13). The summed E-state index contributed by atoms with van der Waals surface area (Å²) < 4.78 is 0. The first-order valence-corrected chi connectivity index (χ1v) is 4.48. The van der Waals surface area contributed by atoms with Gasteiger partial charge in [0.2, 0.25) is 5.91 Å². The molecule has 2 N–H and O–H groups in total. The van der Waals surface area contributed by atoms with E-state index in [0.29, 0.717) is 0 Å². The number of aromatic amines is 1. The number of hydrogen-bond acceptors (Lipinski definition) is 2. The fraction of sp³-hybridized carbons (Fsp3) is 0.556. The van der Waals surface area contributed by atoms with Gasteiger partial charge in [0, 0.05) is 11.5 Å². The van der Waals surface area contributed by atoms with Crippen molar-refractivity contribution >= 4 is 11.7 Å². The number of aromatic nitrogens is 2. The van der Waals surface area contributed by atoms with Crippen LogP contribution in [0.5, 0.6) is 0 Å². The molecule has 0 unspecified atom stereocenters. The van der Waals surface area contributed by atoms with Gasteiger partial charge in [0.05, 0.1) is 6.20 Å². The zero-order chi connectivity index (χ0) is 9.84. The number of nitrogens with one attached hydrogen (secondary N) is 2. The lowest BCUT2D eigenvalue weighted by molar-refractivity contribution is -0.118. The van der Waals surface area contributed by atoms with Gasteiger partial charge in [0.1, 0.15) is 5.82 Å². The van der Waals surface area contributed by atoms with Crippen LogP contribution in [0.3, 0.4) is 0 Å². The Morgan fingerprint density at radius 1 is 1.69 bits per heavy atom. The van der Waals surface area contributed by atoms with E-state index >= 15 is 0 Å². The Hall–Kier alpha value is -1.32. The molecular formula is C9H15N3O. The van der Waals surface area contributed by atoms with Gasteiger partial charge in [-0.2, -0.15) is 5.10 Å². The highest BCUT2D eigenvalue weighted by Crippen LogP contribution is 2.12. The van der Waals surface area contributed by atoms with Crippen molar-refractivity contribution in [1.29, 1.82) is 0 Å². The molecule has 0 radical (unpaired) electrons. The molecule has 72 valence electrons. The summed E-state index contributed by atoms with van der Waals surface area (Å²) in [7, 11) is 0. The van der Waals surface area contributed by atoms with Gasteiger partial charge in [-0.15, -0.1) is 0 Å². The molecule has 1 heterocycles. The fourth-order valence-electron chi connectivity index (χ4n) is 0.955. The molecule has 0 aliphatic heterocycles.